The average Bonchev–Trinajstić information content (AvgIpc) is 3.61. The Morgan fingerprint density at radius 1 is 1.12 bits per heavy atom. The number of rotatable bonds is 8. The van der Waals surface area contributed by atoms with Gasteiger partial charge >= 0.3 is 0 Å². The molecule has 5 rings (SSSR count). The van der Waals surface area contributed by atoms with Crippen molar-refractivity contribution in [3.63, 3.8) is 0 Å². The summed E-state index contributed by atoms with van der Waals surface area (Å²) < 4.78 is 7.77. The number of thioether (sulfide) groups is 1. The van der Waals surface area contributed by atoms with Crippen LogP contribution in [0.3, 0.4) is 0 Å². The molecule has 1 amide bonds. The number of ether oxygens (including phenoxy) is 1. The fourth-order valence-electron chi connectivity index (χ4n) is 5.03. The second-order valence-corrected chi connectivity index (χ2v) is 10.0. The van der Waals surface area contributed by atoms with Gasteiger partial charge in [0.15, 0.2) is 11.0 Å². The predicted molar refractivity (Wildman–Crippen MR) is 123 cm³/mol. The lowest BCUT2D eigenvalue weighted by molar-refractivity contribution is -0.119. The highest BCUT2D eigenvalue weighted by Gasteiger charge is 2.39. The largest absolute Gasteiger partial charge is 0.379 e. The summed E-state index contributed by atoms with van der Waals surface area (Å²) in [6.45, 7) is 4.24. The van der Waals surface area contributed by atoms with Crippen molar-refractivity contribution >= 4 is 17.7 Å². The second-order valence-electron chi connectivity index (χ2n) is 9.09. The van der Waals surface area contributed by atoms with Crippen molar-refractivity contribution in [2.75, 3.05) is 38.6 Å². The van der Waals surface area contributed by atoms with Gasteiger partial charge in [-0.3, -0.25) is 19.2 Å². The molecule has 3 fully saturated rings. The third-order valence-corrected chi connectivity index (χ3v) is 7.87. The molecule has 2 aliphatic carbocycles. The lowest BCUT2D eigenvalue weighted by Crippen LogP contribution is -2.59. The summed E-state index contributed by atoms with van der Waals surface area (Å²) >= 11 is 1.49. The van der Waals surface area contributed by atoms with Crippen LogP contribution < -0.4 is 5.32 Å². The van der Waals surface area contributed by atoms with E-state index in [4.69, 9.17) is 4.74 Å². The number of carbonyl (C=O) groups excluding carboxylic acids is 1. The van der Waals surface area contributed by atoms with Crippen LogP contribution in [-0.4, -0.2) is 74.7 Å². The van der Waals surface area contributed by atoms with Crippen molar-refractivity contribution < 1.29 is 9.53 Å². The Bertz CT molecular complexity index is 904. The van der Waals surface area contributed by atoms with Gasteiger partial charge in [-0.05, 0) is 37.8 Å². The summed E-state index contributed by atoms with van der Waals surface area (Å²) in [5.41, 5.74) is 1.10. The summed E-state index contributed by atoms with van der Waals surface area (Å²) in [5.74, 6) is 1.30. The first kappa shape index (κ1) is 21.9. The molecule has 0 radical (unpaired) electrons. The maximum atomic E-state index is 12.8. The van der Waals surface area contributed by atoms with Crippen molar-refractivity contribution in [3.05, 3.63) is 24.5 Å². The van der Waals surface area contributed by atoms with Crippen LogP contribution in [0.15, 0.2) is 29.7 Å². The minimum atomic E-state index is 0.0732. The molecule has 0 aromatic carbocycles. The minimum Gasteiger partial charge on any atom is -0.379 e. The van der Waals surface area contributed by atoms with E-state index in [1.54, 1.807) is 12.4 Å². The SMILES string of the molecule is O=C(CSc1nnc(-c2ccncc2)n1C1CC1)NCC1(N2CCOCC2)CCCCC1. The van der Waals surface area contributed by atoms with Gasteiger partial charge in [-0.1, -0.05) is 31.0 Å². The van der Waals surface area contributed by atoms with E-state index in [9.17, 15) is 4.79 Å². The van der Waals surface area contributed by atoms with Gasteiger partial charge in [-0.2, -0.15) is 0 Å². The van der Waals surface area contributed by atoms with E-state index in [1.165, 1.54) is 31.0 Å². The number of nitrogens with one attached hydrogen (secondary N) is 1. The quantitative estimate of drug-likeness (QED) is 0.611. The zero-order valence-electron chi connectivity index (χ0n) is 18.5. The molecule has 172 valence electrons. The van der Waals surface area contributed by atoms with Crippen LogP contribution in [0.25, 0.3) is 11.4 Å². The molecule has 1 N–H and O–H groups in total. The highest BCUT2D eigenvalue weighted by molar-refractivity contribution is 7.99. The lowest BCUT2D eigenvalue weighted by Gasteiger charge is -2.48. The summed E-state index contributed by atoms with van der Waals surface area (Å²) in [5, 5.41) is 12.9. The van der Waals surface area contributed by atoms with E-state index in [2.05, 4.69) is 30.0 Å². The van der Waals surface area contributed by atoms with Gasteiger partial charge in [0.25, 0.3) is 0 Å². The number of hydrogen-bond acceptors (Lipinski definition) is 7. The molecular formula is C23H32N6O2S. The molecule has 2 saturated carbocycles. The molecule has 2 aromatic rings. The zero-order chi connectivity index (χ0) is 21.8. The Kier molecular flexibility index (Phi) is 6.75. The van der Waals surface area contributed by atoms with E-state index >= 15 is 0 Å². The highest BCUT2D eigenvalue weighted by Crippen LogP contribution is 2.41. The van der Waals surface area contributed by atoms with E-state index in [0.29, 0.717) is 11.8 Å². The summed E-state index contributed by atoms with van der Waals surface area (Å²) in [7, 11) is 0. The van der Waals surface area contributed by atoms with Gasteiger partial charge in [0.2, 0.25) is 5.91 Å². The molecule has 0 spiro atoms. The Balaban J connectivity index is 1.21. The first-order valence-corrected chi connectivity index (χ1v) is 12.8. The minimum absolute atomic E-state index is 0.0732. The third-order valence-electron chi connectivity index (χ3n) is 6.93. The van der Waals surface area contributed by atoms with Crippen LogP contribution in [0.2, 0.25) is 0 Å². The normalized spacial score (nSPS) is 21.4. The maximum Gasteiger partial charge on any atom is 0.230 e. The smallest absolute Gasteiger partial charge is 0.230 e. The summed E-state index contributed by atoms with van der Waals surface area (Å²) in [6.07, 6.45) is 11.9. The van der Waals surface area contributed by atoms with Crippen LogP contribution in [0.1, 0.15) is 51.0 Å². The van der Waals surface area contributed by atoms with E-state index in [1.807, 2.05) is 12.1 Å². The molecule has 32 heavy (non-hydrogen) atoms. The molecule has 2 aromatic heterocycles. The molecule has 3 heterocycles. The Hall–Kier alpha value is -1.97. The fraction of sp³-hybridized carbons (Fsp3) is 0.652. The van der Waals surface area contributed by atoms with Crippen LogP contribution in [0.4, 0.5) is 0 Å². The third kappa shape index (κ3) is 4.84. The van der Waals surface area contributed by atoms with Crippen molar-refractivity contribution in [1.29, 1.82) is 0 Å². The van der Waals surface area contributed by atoms with Gasteiger partial charge in [0.1, 0.15) is 0 Å². The monoisotopic (exact) mass is 456 g/mol. The number of carbonyl (C=O) groups is 1. The second kappa shape index (κ2) is 9.89. The number of amides is 1. The predicted octanol–water partition coefficient (Wildman–Crippen LogP) is 2.92. The fourth-order valence-corrected chi connectivity index (χ4v) is 5.87. The summed E-state index contributed by atoms with van der Waals surface area (Å²) in [6, 6.07) is 4.35. The van der Waals surface area contributed by atoms with E-state index in [0.717, 1.165) is 75.1 Å². The highest BCUT2D eigenvalue weighted by atomic mass is 32.2. The van der Waals surface area contributed by atoms with Gasteiger partial charge in [0, 0.05) is 49.2 Å². The van der Waals surface area contributed by atoms with E-state index < -0.39 is 0 Å². The van der Waals surface area contributed by atoms with Crippen molar-refractivity contribution in [2.45, 2.75) is 61.7 Å². The first-order valence-electron chi connectivity index (χ1n) is 11.8. The lowest BCUT2D eigenvalue weighted by atomic mass is 9.79. The molecular weight excluding hydrogens is 424 g/mol. The molecule has 3 aliphatic rings. The topological polar surface area (TPSA) is 85.2 Å². The van der Waals surface area contributed by atoms with Gasteiger partial charge in [0.05, 0.1) is 19.0 Å². The molecule has 9 heteroatoms. The van der Waals surface area contributed by atoms with Crippen LogP contribution in [0.5, 0.6) is 0 Å². The molecule has 1 aliphatic heterocycles. The number of nitrogens with zero attached hydrogens (tertiary/aromatic N) is 5. The number of morpholine rings is 1. The molecule has 0 unspecified atom stereocenters. The van der Waals surface area contributed by atoms with Gasteiger partial charge in [-0.25, -0.2) is 0 Å². The van der Waals surface area contributed by atoms with Crippen molar-refractivity contribution in [3.8, 4) is 11.4 Å². The zero-order valence-corrected chi connectivity index (χ0v) is 19.4. The first-order chi connectivity index (χ1) is 15.8. The number of pyridine rings is 1. The van der Waals surface area contributed by atoms with Crippen LogP contribution >= 0.6 is 11.8 Å². The number of hydrogen-bond donors (Lipinski definition) is 1. The summed E-state index contributed by atoms with van der Waals surface area (Å²) in [4.78, 5) is 19.5. The van der Waals surface area contributed by atoms with Crippen LogP contribution in [-0.2, 0) is 9.53 Å². The van der Waals surface area contributed by atoms with Crippen molar-refractivity contribution in [1.82, 2.24) is 30.0 Å². The van der Waals surface area contributed by atoms with Gasteiger partial charge < -0.3 is 10.1 Å². The maximum absolute atomic E-state index is 12.8. The Morgan fingerprint density at radius 2 is 1.88 bits per heavy atom. The average molecular weight is 457 g/mol. The number of aromatic nitrogens is 4. The molecule has 8 nitrogen and oxygen atoms in total. The Morgan fingerprint density at radius 3 is 2.59 bits per heavy atom. The Labute approximate surface area is 193 Å². The van der Waals surface area contributed by atoms with Crippen LogP contribution in [0, 0.1) is 0 Å². The van der Waals surface area contributed by atoms with Gasteiger partial charge in [-0.15, -0.1) is 10.2 Å². The standard InChI is InChI=1S/C23H32N6O2S/c30-20(25-17-23(8-2-1-3-9-23)28-12-14-31-15-13-28)16-32-22-27-26-21(29(22)19-4-5-19)18-6-10-24-11-7-18/h6-7,10-11,19H,1-5,8-9,12-17H2,(H,25,30). The molecule has 1 saturated heterocycles. The van der Waals surface area contributed by atoms with Crippen molar-refractivity contribution in [2.24, 2.45) is 0 Å². The molecule has 0 atom stereocenters. The van der Waals surface area contributed by atoms with E-state index in [-0.39, 0.29) is 11.4 Å². The molecule has 0 bridgehead atoms.